The lowest BCUT2D eigenvalue weighted by Gasteiger charge is -2.35. The van der Waals surface area contributed by atoms with Crippen molar-refractivity contribution in [2.45, 2.75) is 12.5 Å². The van der Waals surface area contributed by atoms with E-state index in [0.29, 0.717) is 5.75 Å². The number of carbonyl (C=O) groups is 1. The number of fused-ring (bicyclic) bond motifs is 2. The maximum Gasteiger partial charge on any atom is 0.515 e. The minimum Gasteiger partial charge on any atom is -0.418 e. The van der Waals surface area contributed by atoms with Crippen LogP contribution in [0.25, 0.3) is 10.8 Å². The number of hydrogen-bond acceptors (Lipinski definition) is 3. The van der Waals surface area contributed by atoms with Crippen molar-refractivity contribution in [1.82, 2.24) is 0 Å². The van der Waals surface area contributed by atoms with Gasteiger partial charge in [0.05, 0.1) is 0 Å². The van der Waals surface area contributed by atoms with Crippen LogP contribution >= 0.6 is 0 Å². The fourth-order valence-electron chi connectivity index (χ4n) is 2.98. The molecule has 4 rings (SSSR count). The fourth-order valence-corrected chi connectivity index (χ4v) is 2.98. The van der Waals surface area contributed by atoms with Crippen LogP contribution in [0.2, 0.25) is 0 Å². The van der Waals surface area contributed by atoms with Gasteiger partial charge in [0.2, 0.25) is 0 Å². The average Bonchev–Trinajstić information content (AvgIpc) is 2.54. The summed E-state index contributed by atoms with van der Waals surface area (Å²) in [7, 11) is 0. The van der Waals surface area contributed by atoms with Crippen LogP contribution in [0.3, 0.4) is 0 Å². The van der Waals surface area contributed by atoms with E-state index < -0.39 is 11.8 Å². The predicted octanol–water partition coefficient (Wildman–Crippen LogP) is 4.63. The standard InChI is InChI=1S/C19H14O3/c1-19(15-9-3-2-4-10-15)16-11-13-7-5-6-8-14(13)12-17(16)21-18(20)22-19/h2-12H,1H3. The minimum atomic E-state index is -0.851. The first-order chi connectivity index (χ1) is 10.7. The molecule has 0 fully saturated rings. The molecule has 1 atom stereocenters. The minimum absolute atomic E-state index is 0.557. The van der Waals surface area contributed by atoms with Crippen LogP contribution in [0, 0.1) is 0 Å². The van der Waals surface area contributed by atoms with Gasteiger partial charge in [-0.3, -0.25) is 0 Å². The maximum atomic E-state index is 11.9. The van der Waals surface area contributed by atoms with Gasteiger partial charge in [-0.25, -0.2) is 4.79 Å². The average molecular weight is 290 g/mol. The van der Waals surface area contributed by atoms with E-state index in [1.54, 1.807) is 0 Å². The highest BCUT2D eigenvalue weighted by Gasteiger charge is 2.41. The second-order valence-corrected chi connectivity index (χ2v) is 5.55. The first-order valence-electron chi connectivity index (χ1n) is 7.16. The fraction of sp³-hybridized carbons (Fsp3) is 0.105. The smallest absolute Gasteiger partial charge is 0.418 e. The summed E-state index contributed by atoms with van der Waals surface area (Å²) in [5.74, 6) is 0.557. The van der Waals surface area contributed by atoms with Crippen LogP contribution in [0.15, 0.2) is 66.7 Å². The van der Waals surface area contributed by atoms with Crippen molar-refractivity contribution in [2.75, 3.05) is 0 Å². The van der Waals surface area contributed by atoms with Gasteiger partial charge in [-0.1, -0.05) is 54.6 Å². The lowest BCUT2D eigenvalue weighted by molar-refractivity contribution is 0.00248. The summed E-state index contributed by atoms with van der Waals surface area (Å²) in [6, 6.07) is 21.6. The highest BCUT2D eigenvalue weighted by molar-refractivity contribution is 5.87. The molecule has 0 aliphatic carbocycles. The normalized spacial score (nSPS) is 20.1. The topological polar surface area (TPSA) is 35.5 Å². The Morgan fingerprint density at radius 1 is 0.864 bits per heavy atom. The lowest BCUT2D eigenvalue weighted by Crippen LogP contribution is -2.36. The zero-order valence-corrected chi connectivity index (χ0v) is 12.1. The van der Waals surface area contributed by atoms with Gasteiger partial charge in [0.1, 0.15) is 5.75 Å². The van der Waals surface area contributed by atoms with Crippen molar-refractivity contribution in [1.29, 1.82) is 0 Å². The molecular formula is C19H14O3. The molecule has 0 bridgehead atoms. The van der Waals surface area contributed by atoms with Crippen molar-refractivity contribution in [3.05, 3.63) is 77.9 Å². The first kappa shape index (κ1) is 12.9. The quantitative estimate of drug-likeness (QED) is 0.484. The molecule has 0 aromatic heterocycles. The first-order valence-corrected chi connectivity index (χ1v) is 7.16. The molecule has 1 aliphatic heterocycles. The number of ether oxygens (including phenoxy) is 2. The van der Waals surface area contributed by atoms with Crippen LogP contribution in [0.1, 0.15) is 18.1 Å². The SMILES string of the molecule is CC1(c2ccccc2)OC(=O)Oc2cc3ccccc3cc21. The lowest BCUT2D eigenvalue weighted by atomic mass is 9.85. The molecule has 0 radical (unpaired) electrons. The van der Waals surface area contributed by atoms with Gasteiger partial charge in [0.15, 0.2) is 5.60 Å². The Bertz CT molecular complexity index is 870. The van der Waals surface area contributed by atoms with Gasteiger partial charge in [0, 0.05) is 11.1 Å². The van der Waals surface area contributed by atoms with Crippen molar-refractivity contribution in [3.8, 4) is 5.75 Å². The molecule has 0 saturated carbocycles. The van der Waals surface area contributed by atoms with Crippen molar-refractivity contribution < 1.29 is 14.3 Å². The highest BCUT2D eigenvalue weighted by atomic mass is 16.7. The molecule has 0 saturated heterocycles. The second-order valence-electron chi connectivity index (χ2n) is 5.55. The number of hydrogen-bond donors (Lipinski definition) is 0. The van der Waals surface area contributed by atoms with E-state index in [1.807, 2.05) is 73.7 Å². The third-order valence-electron chi connectivity index (χ3n) is 4.17. The summed E-state index contributed by atoms with van der Waals surface area (Å²) in [4.78, 5) is 11.9. The maximum absolute atomic E-state index is 11.9. The Kier molecular flexibility index (Phi) is 2.70. The summed E-state index contributed by atoms with van der Waals surface area (Å²) in [5, 5.41) is 2.12. The van der Waals surface area contributed by atoms with Gasteiger partial charge in [-0.05, 0) is 29.8 Å². The van der Waals surface area contributed by atoms with Gasteiger partial charge in [-0.2, -0.15) is 0 Å². The summed E-state index contributed by atoms with van der Waals surface area (Å²) in [6.07, 6.45) is -0.672. The molecule has 0 spiro atoms. The Labute approximate surface area is 128 Å². The van der Waals surface area contributed by atoms with Gasteiger partial charge in [0.25, 0.3) is 0 Å². The predicted molar refractivity (Wildman–Crippen MR) is 84.0 cm³/mol. The van der Waals surface area contributed by atoms with Gasteiger partial charge >= 0.3 is 6.16 Å². The third kappa shape index (κ3) is 1.86. The summed E-state index contributed by atoms with van der Waals surface area (Å²) in [6.45, 7) is 1.90. The Hall–Kier alpha value is -2.81. The molecule has 0 N–H and O–H groups in total. The number of benzene rings is 3. The van der Waals surface area contributed by atoms with Crippen molar-refractivity contribution >= 4 is 16.9 Å². The van der Waals surface area contributed by atoms with E-state index in [4.69, 9.17) is 9.47 Å². The van der Waals surface area contributed by atoms with E-state index in [1.165, 1.54) is 0 Å². The monoisotopic (exact) mass is 290 g/mol. The van der Waals surface area contributed by atoms with E-state index in [0.717, 1.165) is 21.9 Å². The molecule has 3 aromatic rings. The molecular weight excluding hydrogens is 276 g/mol. The van der Waals surface area contributed by atoms with Crippen LogP contribution < -0.4 is 4.74 Å². The summed E-state index contributed by atoms with van der Waals surface area (Å²) in [5.41, 5.74) is 0.927. The summed E-state index contributed by atoms with van der Waals surface area (Å²) < 4.78 is 10.9. The van der Waals surface area contributed by atoms with Crippen molar-refractivity contribution in [3.63, 3.8) is 0 Å². The molecule has 1 heterocycles. The zero-order chi connectivity index (χ0) is 15.2. The Morgan fingerprint density at radius 3 is 2.23 bits per heavy atom. The van der Waals surface area contributed by atoms with Crippen LogP contribution in [-0.4, -0.2) is 6.16 Å². The van der Waals surface area contributed by atoms with E-state index in [9.17, 15) is 4.79 Å². The third-order valence-corrected chi connectivity index (χ3v) is 4.17. The van der Waals surface area contributed by atoms with Crippen LogP contribution in [-0.2, 0) is 10.3 Å². The van der Waals surface area contributed by atoms with Gasteiger partial charge < -0.3 is 9.47 Å². The van der Waals surface area contributed by atoms with Crippen LogP contribution in [0.5, 0.6) is 5.75 Å². The Morgan fingerprint density at radius 2 is 1.50 bits per heavy atom. The number of carbonyl (C=O) groups excluding carboxylic acids is 1. The van der Waals surface area contributed by atoms with Crippen LogP contribution in [0.4, 0.5) is 4.79 Å². The zero-order valence-electron chi connectivity index (χ0n) is 12.1. The molecule has 22 heavy (non-hydrogen) atoms. The molecule has 3 nitrogen and oxygen atoms in total. The molecule has 0 amide bonds. The highest BCUT2D eigenvalue weighted by Crippen LogP contribution is 2.43. The molecule has 1 unspecified atom stereocenters. The molecule has 1 aliphatic rings. The largest absolute Gasteiger partial charge is 0.515 e. The molecule has 3 heteroatoms. The summed E-state index contributed by atoms with van der Waals surface area (Å²) >= 11 is 0. The second kappa shape index (κ2) is 4.60. The Balaban J connectivity index is 2.00. The molecule has 108 valence electrons. The van der Waals surface area contributed by atoms with Crippen molar-refractivity contribution in [2.24, 2.45) is 0 Å². The van der Waals surface area contributed by atoms with E-state index in [-0.39, 0.29) is 0 Å². The van der Waals surface area contributed by atoms with Gasteiger partial charge in [-0.15, -0.1) is 0 Å². The number of rotatable bonds is 1. The number of cyclic esters (lactones) is 1. The van der Waals surface area contributed by atoms with E-state index >= 15 is 0 Å². The van der Waals surface area contributed by atoms with E-state index in [2.05, 4.69) is 0 Å². The molecule has 3 aromatic carbocycles.